The summed E-state index contributed by atoms with van der Waals surface area (Å²) in [5.41, 5.74) is 0.422. The molecule has 1 N–H and O–H groups in total. The first-order valence-corrected chi connectivity index (χ1v) is 4.99. The largest absolute Gasteiger partial charge is 0.346 e. The molecule has 0 atom stereocenters. The molecule has 4 nitrogen and oxygen atoms in total. The Morgan fingerprint density at radius 3 is 2.81 bits per heavy atom. The van der Waals surface area contributed by atoms with Crippen LogP contribution in [-0.4, -0.2) is 29.8 Å². The molecule has 16 heavy (non-hydrogen) atoms. The maximum atomic E-state index is 13.3. The molecule has 1 fully saturated rings. The highest BCUT2D eigenvalue weighted by Gasteiger charge is 2.26. The molecular formula is C11H11FN2O2. The normalized spacial score (nSPS) is 16.2. The van der Waals surface area contributed by atoms with Crippen molar-refractivity contribution in [3.8, 4) is 0 Å². The summed E-state index contributed by atoms with van der Waals surface area (Å²) in [4.78, 5) is 23.9. The first-order valence-electron chi connectivity index (χ1n) is 4.99. The topological polar surface area (TPSA) is 49.4 Å². The van der Waals surface area contributed by atoms with Crippen molar-refractivity contribution in [2.75, 3.05) is 13.1 Å². The number of carbonyl (C=O) groups is 2. The van der Waals surface area contributed by atoms with E-state index in [1.54, 1.807) is 18.2 Å². The van der Waals surface area contributed by atoms with Gasteiger partial charge in [0, 0.05) is 25.2 Å². The smallest absolute Gasteiger partial charge is 0.312 e. The van der Waals surface area contributed by atoms with Crippen LogP contribution in [0.25, 0.3) is 0 Å². The number of amides is 2. The SMILES string of the molecule is O=C1NCCN(Cc2ccccc2F)C1=O. The highest BCUT2D eigenvalue weighted by Crippen LogP contribution is 2.10. The van der Waals surface area contributed by atoms with E-state index in [0.29, 0.717) is 18.7 Å². The molecule has 0 spiro atoms. The molecule has 84 valence electrons. The van der Waals surface area contributed by atoms with E-state index in [1.807, 2.05) is 0 Å². The Labute approximate surface area is 92.0 Å². The molecule has 1 aromatic carbocycles. The van der Waals surface area contributed by atoms with Crippen molar-refractivity contribution < 1.29 is 14.0 Å². The third kappa shape index (κ3) is 2.03. The Bertz CT molecular complexity index is 434. The first kappa shape index (κ1) is 10.6. The lowest BCUT2D eigenvalue weighted by Crippen LogP contribution is -2.51. The summed E-state index contributed by atoms with van der Waals surface area (Å²) < 4.78 is 13.3. The van der Waals surface area contributed by atoms with E-state index in [2.05, 4.69) is 5.32 Å². The van der Waals surface area contributed by atoms with Gasteiger partial charge in [-0.15, -0.1) is 0 Å². The van der Waals surface area contributed by atoms with Crippen molar-refractivity contribution in [2.24, 2.45) is 0 Å². The van der Waals surface area contributed by atoms with E-state index in [9.17, 15) is 14.0 Å². The van der Waals surface area contributed by atoms with Crippen LogP contribution in [0.1, 0.15) is 5.56 Å². The summed E-state index contributed by atoms with van der Waals surface area (Å²) in [7, 11) is 0. The Balaban J connectivity index is 2.13. The lowest BCUT2D eigenvalue weighted by Gasteiger charge is -2.26. The maximum Gasteiger partial charge on any atom is 0.312 e. The molecule has 5 heteroatoms. The number of benzene rings is 1. The maximum absolute atomic E-state index is 13.3. The van der Waals surface area contributed by atoms with Gasteiger partial charge >= 0.3 is 11.8 Å². The minimum absolute atomic E-state index is 0.138. The average Bonchev–Trinajstić information content (AvgIpc) is 2.28. The van der Waals surface area contributed by atoms with Crippen LogP contribution in [0.4, 0.5) is 4.39 Å². The van der Waals surface area contributed by atoms with Crippen LogP contribution in [0.15, 0.2) is 24.3 Å². The predicted octanol–water partition coefficient (Wildman–Crippen LogP) is 0.284. The summed E-state index contributed by atoms with van der Waals surface area (Å²) in [6.45, 7) is 0.969. The number of nitrogens with zero attached hydrogens (tertiary/aromatic N) is 1. The van der Waals surface area contributed by atoms with E-state index in [1.165, 1.54) is 11.0 Å². The number of carbonyl (C=O) groups excluding carboxylic acids is 2. The van der Waals surface area contributed by atoms with Crippen molar-refractivity contribution in [1.82, 2.24) is 10.2 Å². The summed E-state index contributed by atoms with van der Waals surface area (Å²) in [5, 5.41) is 2.44. The number of rotatable bonds is 2. The molecule has 0 radical (unpaired) electrons. The van der Waals surface area contributed by atoms with E-state index in [-0.39, 0.29) is 12.4 Å². The molecule has 1 saturated heterocycles. The minimum atomic E-state index is -0.623. The van der Waals surface area contributed by atoms with E-state index in [0.717, 1.165) is 0 Å². The molecule has 0 saturated carbocycles. The molecule has 1 aliphatic heterocycles. The Kier molecular flexibility index (Phi) is 2.85. The van der Waals surface area contributed by atoms with E-state index in [4.69, 9.17) is 0 Å². The van der Waals surface area contributed by atoms with Gasteiger partial charge in [0.15, 0.2) is 0 Å². The van der Waals surface area contributed by atoms with Gasteiger partial charge in [0.05, 0.1) is 0 Å². The first-order chi connectivity index (χ1) is 7.68. The molecule has 0 aliphatic carbocycles. The van der Waals surface area contributed by atoms with Crippen LogP contribution < -0.4 is 5.32 Å². The predicted molar refractivity (Wildman–Crippen MR) is 54.8 cm³/mol. The van der Waals surface area contributed by atoms with Crippen LogP contribution in [0, 0.1) is 5.82 Å². The van der Waals surface area contributed by atoms with Crippen molar-refractivity contribution in [1.29, 1.82) is 0 Å². The molecular weight excluding hydrogens is 211 g/mol. The number of halogens is 1. The highest BCUT2D eigenvalue weighted by molar-refractivity contribution is 6.35. The third-order valence-corrected chi connectivity index (χ3v) is 2.47. The van der Waals surface area contributed by atoms with Gasteiger partial charge in [0.1, 0.15) is 5.82 Å². The molecule has 0 aromatic heterocycles. The van der Waals surface area contributed by atoms with Crippen molar-refractivity contribution in [3.63, 3.8) is 0 Å². The fourth-order valence-corrected chi connectivity index (χ4v) is 1.61. The number of nitrogens with one attached hydrogen (secondary N) is 1. The van der Waals surface area contributed by atoms with Gasteiger partial charge in [-0.2, -0.15) is 0 Å². The minimum Gasteiger partial charge on any atom is -0.346 e. The zero-order chi connectivity index (χ0) is 11.5. The summed E-state index contributed by atoms with van der Waals surface area (Å²) in [6, 6.07) is 6.23. The zero-order valence-corrected chi connectivity index (χ0v) is 8.57. The molecule has 1 aliphatic rings. The van der Waals surface area contributed by atoms with E-state index < -0.39 is 11.8 Å². The van der Waals surface area contributed by atoms with Gasteiger partial charge in [-0.1, -0.05) is 18.2 Å². The summed E-state index contributed by atoms with van der Waals surface area (Å²) >= 11 is 0. The van der Waals surface area contributed by atoms with Gasteiger partial charge < -0.3 is 10.2 Å². The van der Waals surface area contributed by atoms with Crippen LogP contribution in [0.3, 0.4) is 0 Å². The zero-order valence-electron chi connectivity index (χ0n) is 8.57. The molecule has 0 unspecified atom stereocenters. The lowest BCUT2D eigenvalue weighted by atomic mass is 10.2. The standard InChI is InChI=1S/C11H11FN2O2/c12-9-4-2-1-3-8(9)7-14-6-5-13-10(15)11(14)16/h1-4H,5-7H2,(H,13,15). The van der Waals surface area contributed by atoms with Gasteiger partial charge in [0.2, 0.25) is 0 Å². The highest BCUT2D eigenvalue weighted by atomic mass is 19.1. The van der Waals surface area contributed by atoms with Crippen molar-refractivity contribution in [2.45, 2.75) is 6.54 Å². The summed E-state index contributed by atoms with van der Waals surface area (Å²) in [6.07, 6.45) is 0. The van der Waals surface area contributed by atoms with Gasteiger partial charge in [0.25, 0.3) is 0 Å². The van der Waals surface area contributed by atoms with Gasteiger partial charge in [-0.3, -0.25) is 9.59 Å². The number of piperazine rings is 1. The second-order valence-corrected chi connectivity index (χ2v) is 3.57. The Hall–Kier alpha value is -1.91. The van der Waals surface area contributed by atoms with Crippen molar-refractivity contribution in [3.05, 3.63) is 35.6 Å². The summed E-state index contributed by atoms with van der Waals surface area (Å²) in [5.74, 6) is -1.58. The Morgan fingerprint density at radius 2 is 2.06 bits per heavy atom. The monoisotopic (exact) mass is 222 g/mol. The second-order valence-electron chi connectivity index (χ2n) is 3.57. The van der Waals surface area contributed by atoms with E-state index >= 15 is 0 Å². The average molecular weight is 222 g/mol. The molecule has 1 aromatic rings. The molecule has 2 amide bonds. The Morgan fingerprint density at radius 1 is 1.31 bits per heavy atom. The van der Waals surface area contributed by atoms with Gasteiger partial charge in [-0.05, 0) is 6.07 Å². The fourth-order valence-electron chi connectivity index (χ4n) is 1.61. The quantitative estimate of drug-likeness (QED) is 0.731. The van der Waals surface area contributed by atoms with Crippen LogP contribution in [-0.2, 0) is 16.1 Å². The third-order valence-electron chi connectivity index (χ3n) is 2.47. The van der Waals surface area contributed by atoms with Crippen LogP contribution in [0.2, 0.25) is 0 Å². The molecule has 0 bridgehead atoms. The van der Waals surface area contributed by atoms with Crippen molar-refractivity contribution >= 4 is 11.8 Å². The van der Waals surface area contributed by atoms with Crippen LogP contribution in [0.5, 0.6) is 0 Å². The lowest BCUT2D eigenvalue weighted by molar-refractivity contribution is -0.148. The van der Waals surface area contributed by atoms with Gasteiger partial charge in [-0.25, -0.2) is 4.39 Å². The van der Waals surface area contributed by atoms with Crippen LogP contribution >= 0.6 is 0 Å². The second kappa shape index (κ2) is 4.30. The number of hydrogen-bond donors (Lipinski definition) is 1. The number of hydrogen-bond acceptors (Lipinski definition) is 2. The molecule has 1 heterocycles. The fraction of sp³-hybridized carbons (Fsp3) is 0.273. The molecule has 2 rings (SSSR count).